The first-order chi connectivity index (χ1) is 12.1. The van der Waals surface area contributed by atoms with E-state index in [1.54, 1.807) is 26.4 Å². The van der Waals surface area contributed by atoms with E-state index in [4.69, 9.17) is 14.0 Å². The molecule has 0 unspecified atom stereocenters. The number of rotatable bonds is 5. The van der Waals surface area contributed by atoms with E-state index >= 15 is 0 Å². The van der Waals surface area contributed by atoms with E-state index in [9.17, 15) is 4.79 Å². The highest BCUT2D eigenvalue weighted by Crippen LogP contribution is 2.29. The molecule has 0 saturated heterocycles. The summed E-state index contributed by atoms with van der Waals surface area (Å²) in [7, 11) is 3.15. The Hall–Kier alpha value is -3.28. The average Bonchev–Trinajstić information content (AvgIpc) is 3.12. The first kappa shape index (κ1) is 16.6. The molecular formula is C19H18N2O4. The zero-order valence-corrected chi connectivity index (χ0v) is 14.2. The maximum Gasteiger partial charge on any atom is 0.261 e. The summed E-state index contributed by atoms with van der Waals surface area (Å²) < 4.78 is 15.7. The molecule has 0 atom stereocenters. The molecule has 1 N–H and O–H groups in total. The van der Waals surface area contributed by atoms with Crippen LogP contribution >= 0.6 is 0 Å². The Morgan fingerprint density at radius 1 is 1.08 bits per heavy atom. The van der Waals surface area contributed by atoms with Crippen molar-refractivity contribution in [1.29, 1.82) is 0 Å². The molecule has 3 aromatic rings. The molecule has 128 valence electrons. The monoisotopic (exact) mass is 338 g/mol. The number of aromatic nitrogens is 1. The normalized spacial score (nSPS) is 10.4. The van der Waals surface area contributed by atoms with Gasteiger partial charge in [0.05, 0.1) is 26.1 Å². The highest BCUT2D eigenvalue weighted by molar-refractivity contribution is 6.08. The molecule has 0 aliphatic carbocycles. The van der Waals surface area contributed by atoms with Crippen LogP contribution in [-0.2, 0) is 0 Å². The lowest BCUT2D eigenvalue weighted by Crippen LogP contribution is -2.13. The molecule has 6 nitrogen and oxygen atoms in total. The number of nitrogens with one attached hydrogen (secondary N) is 1. The number of nitrogens with zero attached hydrogens (tertiary/aromatic N) is 1. The zero-order chi connectivity index (χ0) is 17.8. The van der Waals surface area contributed by atoms with Crippen LogP contribution in [0.4, 0.5) is 5.69 Å². The third-order valence-electron chi connectivity index (χ3n) is 3.77. The predicted octanol–water partition coefficient (Wildman–Crippen LogP) is 3.92. The number of hydrogen-bond acceptors (Lipinski definition) is 5. The molecule has 0 radical (unpaired) electrons. The Labute approximate surface area is 145 Å². The van der Waals surface area contributed by atoms with Crippen LogP contribution in [0.25, 0.3) is 11.3 Å². The van der Waals surface area contributed by atoms with Gasteiger partial charge in [0.1, 0.15) is 17.1 Å². The minimum absolute atomic E-state index is 0.323. The van der Waals surface area contributed by atoms with Gasteiger partial charge in [-0.25, -0.2) is 0 Å². The van der Waals surface area contributed by atoms with Gasteiger partial charge in [0.15, 0.2) is 5.76 Å². The van der Waals surface area contributed by atoms with E-state index in [2.05, 4.69) is 10.5 Å². The number of carbonyl (C=O) groups excluding carboxylic acids is 1. The lowest BCUT2D eigenvalue weighted by molar-refractivity contribution is 0.102. The molecule has 25 heavy (non-hydrogen) atoms. The number of aryl methyl sites for hydroxylation is 1. The number of hydrogen-bond donors (Lipinski definition) is 1. The van der Waals surface area contributed by atoms with Gasteiger partial charge in [-0.1, -0.05) is 11.2 Å². The molecule has 1 amide bonds. The Balaban J connectivity index is 1.89. The van der Waals surface area contributed by atoms with Gasteiger partial charge in [-0.3, -0.25) is 4.79 Å². The van der Waals surface area contributed by atoms with Gasteiger partial charge in [-0.15, -0.1) is 0 Å². The molecule has 2 aromatic carbocycles. The third-order valence-corrected chi connectivity index (χ3v) is 3.77. The summed E-state index contributed by atoms with van der Waals surface area (Å²) in [4.78, 5) is 12.7. The van der Waals surface area contributed by atoms with E-state index in [1.807, 2.05) is 37.3 Å². The van der Waals surface area contributed by atoms with Crippen LogP contribution in [0.15, 0.2) is 53.2 Å². The molecule has 0 bridgehead atoms. The predicted molar refractivity (Wildman–Crippen MR) is 94.2 cm³/mol. The smallest absolute Gasteiger partial charge is 0.261 e. The third kappa shape index (κ3) is 3.47. The zero-order valence-electron chi connectivity index (χ0n) is 14.2. The topological polar surface area (TPSA) is 73.6 Å². The van der Waals surface area contributed by atoms with Gasteiger partial charge in [-0.2, -0.15) is 0 Å². The Morgan fingerprint density at radius 2 is 1.84 bits per heavy atom. The van der Waals surface area contributed by atoms with Crippen molar-refractivity contribution in [2.75, 3.05) is 19.5 Å². The van der Waals surface area contributed by atoms with Gasteiger partial charge in [0.25, 0.3) is 5.91 Å². The number of methoxy groups -OCH3 is 2. The van der Waals surface area contributed by atoms with E-state index in [0.29, 0.717) is 22.8 Å². The fourth-order valence-corrected chi connectivity index (χ4v) is 2.46. The van der Waals surface area contributed by atoms with Crippen LogP contribution in [-0.4, -0.2) is 25.3 Å². The van der Waals surface area contributed by atoms with Gasteiger partial charge >= 0.3 is 0 Å². The average molecular weight is 338 g/mol. The molecule has 1 aromatic heterocycles. The van der Waals surface area contributed by atoms with Crippen molar-refractivity contribution < 1.29 is 18.8 Å². The summed E-state index contributed by atoms with van der Waals surface area (Å²) in [5.41, 5.74) is 2.68. The molecule has 6 heteroatoms. The van der Waals surface area contributed by atoms with Crippen LogP contribution in [0.5, 0.6) is 11.5 Å². The Bertz CT molecular complexity index is 885. The second kappa shape index (κ2) is 7.09. The van der Waals surface area contributed by atoms with Crippen molar-refractivity contribution in [2.24, 2.45) is 0 Å². The van der Waals surface area contributed by atoms with Crippen LogP contribution in [0.2, 0.25) is 0 Å². The molecule has 3 rings (SSSR count). The second-order valence-corrected chi connectivity index (χ2v) is 5.45. The van der Waals surface area contributed by atoms with Crippen LogP contribution in [0.3, 0.4) is 0 Å². The van der Waals surface area contributed by atoms with Crippen molar-refractivity contribution >= 4 is 11.6 Å². The minimum atomic E-state index is -0.323. The number of ether oxygens (including phenoxy) is 2. The Morgan fingerprint density at radius 3 is 2.52 bits per heavy atom. The van der Waals surface area contributed by atoms with Crippen LogP contribution in [0.1, 0.15) is 15.9 Å². The number of benzene rings is 2. The summed E-state index contributed by atoms with van der Waals surface area (Å²) >= 11 is 0. The number of carbonyl (C=O) groups is 1. The molecule has 0 spiro atoms. The summed E-state index contributed by atoms with van der Waals surface area (Å²) in [6.07, 6.45) is 1.40. The van der Waals surface area contributed by atoms with E-state index < -0.39 is 0 Å². The SMILES string of the molecule is COc1ccc(-c2oncc2C(=O)Nc2cc(C)ccc2OC)cc1. The van der Waals surface area contributed by atoms with Crippen LogP contribution < -0.4 is 14.8 Å². The van der Waals surface area contributed by atoms with Gasteiger partial charge in [0.2, 0.25) is 0 Å². The maximum absolute atomic E-state index is 12.7. The first-order valence-electron chi connectivity index (χ1n) is 7.67. The van der Waals surface area contributed by atoms with Gasteiger partial charge in [-0.05, 0) is 48.9 Å². The molecule has 0 saturated carbocycles. The van der Waals surface area contributed by atoms with Gasteiger partial charge in [0, 0.05) is 5.56 Å². The number of anilines is 1. The molecular weight excluding hydrogens is 320 g/mol. The maximum atomic E-state index is 12.7. The first-order valence-corrected chi connectivity index (χ1v) is 7.67. The standard InChI is InChI=1S/C19H18N2O4/c1-12-4-9-17(24-3)16(10-12)21-19(22)15-11-20-25-18(15)13-5-7-14(23-2)8-6-13/h4-11H,1-3H3,(H,21,22). The van der Waals surface area contributed by atoms with Gasteiger partial charge < -0.3 is 19.3 Å². The summed E-state index contributed by atoms with van der Waals surface area (Å²) in [5.74, 6) is 1.38. The lowest BCUT2D eigenvalue weighted by Gasteiger charge is -2.10. The van der Waals surface area contributed by atoms with E-state index in [0.717, 1.165) is 16.9 Å². The quantitative estimate of drug-likeness (QED) is 0.763. The van der Waals surface area contributed by atoms with Crippen molar-refractivity contribution in [2.45, 2.75) is 6.92 Å². The molecule has 0 aliphatic rings. The van der Waals surface area contributed by atoms with Crippen molar-refractivity contribution in [3.05, 3.63) is 59.8 Å². The molecule has 1 heterocycles. The van der Waals surface area contributed by atoms with E-state index in [-0.39, 0.29) is 5.91 Å². The summed E-state index contributed by atoms with van der Waals surface area (Å²) in [6, 6.07) is 12.8. The summed E-state index contributed by atoms with van der Waals surface area (Å²) in [6.45, 7) is 1.94. The van der Waals surface area contributed by atoms with E-state index in [1.165, 1.54) is 6.20 Å². The fraction of sp³-hybridized carbons (Fsp3) is 0.158. The highest BCUT2D eigenvalue weighted by Gasteiger charge is 2.19. The molecule has 0 aliphatic heterocycles. The lowest BCUT2D eigenvalue weighted by atomic mass is 10.1. The van der Waals surface area contributed by atoms with Crippen LogP contribution in [0, 0.1) is 6.92 Å². The number of amides is 1. The molecule has 0 fully saturated rings. The highest BCUT2D eigenvalue weighted by atomic mass is 16.5. The van der Waals surface area contributed by atoms with Crippen molar-refractivity contribution in [1.82, 2.24) is 5.16 Å². The summed E-state index contributed by atoms with van der Waals surface area (Å²) in [5, 5.41) is 6.61. The minimum Gasteiger partial charge on any atom is -0.497 e. The largest absolute Gasteiger partial charge is 0.497 e. The van der Waals surface area contributed by atoms with Crippen molar-refractivity contribution in [3.8, 4) is 22.8 Å². The van der Waals surface area contributed by atoms with Crippen molar-refractivity contribution in [3.63, 3.8) is 0 Å². The fourth-order valence-electron chi connectivity index (χ4n) is 2.46. The second-order valence-electron chi connectivity index (χ2n) is 5.45. The Kier molecular flexibility index (Phi) is 4.70.